The molecule has 1 aliphatic heterocycles. The van der Waals surface area contributed by atoms with Crippen molar-refractivity contribution in [1.29, 1.82) is 0 Å². The van der Waals surface area contributed by atoms with E-state index in [1.807, 2.05) is 41.3 Å². The Morgan fingerprint density at radius 3 is 2.88 bits per heavy atom. The smallest absolute Gasteiger partial charge is 0.290 e. The summed E-state index contributed by atoms with van der Waals surface area (Å²) in [4.78, 5) is 15.0. The standard InChI is InChI=1S/C20H23NO4/c22-20(21-11-13-23-18-9-5-4-8-17(18)21)19-15(10-12-24-19)14-25-16-6-2-1-3-7-16/h1-3,6-7,10,12,17-18H,4-5,8-9,11,13-14H2/t17-,18-/m1/s1. The first-order valence-electron chi connectivity index (χ1n) is 9.00. The van der Waals surface area contributed by atoms with E-state index in [0.717, 1.165) is 30.6 Å². The van der Waals surface area contributed by atoms with Gasteiger partial charge in [0.1, 0.15) is 12.4 Å². The zero-order valence-corrected chi connectivity index (χ0v) is 14.2. The number of fused-ring (bicyclic) bond motifs is 1. The fourth-order valence-corrected chi connectivity index (χ4v) is 3.79. The molecule has 5 nitrogen and oxygen atoms in total. The van der Waals surface area contributed by atoms with Crippen molar-refractivity contribution in [3.8, 4) is 5.75 Å². The molecule has 4 rings (SSSR count). The number of morpholine rings is 1. The molecule has 5 heteroatoms. The largest absolute Gasteiger partial charge is 0.489 e. The molecule has 1 aromatic heterocycles. The molecule has 1 saturated heterocycles. The van der Waals surface area contributed by atoms with Gasteiger partial charge in [0.2, 0.25) is 0 Å². The van der Waals surface area contributed by atoms with E-state index < -0.39 is 0 Å². The molecule has 1 saturated carbocycles. The highest BCUT2D eigenvalue weighted by Gasteiger charge is 2.38. The zero-order valence-electron chi connectivity index (χ0n) is 14.2. The molecular formula is C20H23NO4. The summed E-state index contributed by atoms with van der Waals surface area (Å²) in [6, 6.07) is 11.6. The summed E-state index contributed by atoms with van der Waals surface area (Å²) >= 11 is 0. The summed E-state index contributed by atoms with van der Waals surface area (Å²) in [5, 5.41) is 0. The second-order valence-electron chi connectivity index (χ2n) is 6.64. The predicted molar refractivity (Wildman–Crippen MR) is 92.5 cm³/mol. The average molecular weight is 341 g/mol. The van der Waals surface area contributed by atoms with Gasteiger partial charge in [-0.05, 0) is 31.0 Å². The van der Waals surface area contributed by atoms with Gasteiger partial charge < -0.3 is 18.8 Å². The van der Waals surface area contributed by atoms with Crippen LogP contribution in [-0.4, -0.2) is 36.1 Å². The van der Waals surface area contributed by atoms with Crippen LogP contribution in [0.3, 0.4) is 0 Å². The third kappa shape index (κ3) is 3.42. The molecule has 0 N–H and O–H groups in total. The third-order valence-electron chi connectivity index (χ3n) is 5.07. The van der Waals surface area contributed by atoms with E-state index in [4.69, 9.17) is 13.9 Å². The van der Waals surface area contributed by atoms with Crippen molar-refractivity contribution in [1.82, 2.24) is 4.90 Å². The second kappa shape index (κ2) is 7.31. The van der Waals surface area contributed by atoms with Crippen LogP contribution >= 0.6 is 0 Å². The van der Waals surface area contributed by atoms with Gasteiger partial charge in [0.05, 0.1) is 25.0 Å². The van der Waals surface area contributed by atoms with E-state index in [1.165, 1.54) is 6.42 Å². The van der Waals surface area contributed by atoms with Crippen LogP contribution in [0, 0.1) is 0 Å². The molecule has 2 heterocycles. The van der Waals surface area contributed by atoms with Gasteiger partial charge in [-0.1, -0.05) is 31.0 Å². The number of benzene rings is 1. The van der Waals surface area contributed by atoms with Crippen molar-refractivity contribution < 1.29 is 18.7 Å². The number of furan rings is 1. The zero-order chi connectivity index (χ0) is 17.1. The number of carbonyl (C=O) groups excluding carboxylic acids is 1. The molecule has 0 spiro atoms. The molecule has 0 unspecified atom stereocenters. The van der Waals surface area contributed by atoms with Crippen molar-refractivity contribution in [2.75, 3.05) is 13.2 Å². The lowest BCUT2D eigenvalue weighted by Gasteiger charge is -2.43. The number of carbonyl (C=O) groups is 1. The Morgan fingerprint density at radius 2 is 2.00 bits per heavy atom. The lowest BCUT2D eigenvalue weighted by Crippen LogP contribution is -2.54. The number of ether oxygens (including phenoxy) is 2. The topological polar surface area (TPSA) is 51.9 Å². The third-order valence-corrected chi connectivity index (χ3v) is 5.07. The van der Waals surface area contributed by atoms with Crippen molar-refractivity contribution in [2.45, 2.75) is 44.4 Å². The Kier molecular flexibility index (Phi) is 4.74. The molecule has 2 aromatic rings. The Morgan fingerprint density at radius 1 is 1.16 bits per heavy atom. The summed E-state index contributed by atoms with van der Waals surface area (Å²) in [6.45, 7) is 1.54. The van der Waals surface area contributed by atoms with Crippen LogP contribution in [0.5, 0.6) is 5.75 Å². The maximum absolute atomic E-state index is 13.1. The lowest BCUT2D eigenvalue weighted by atomic mass is 9.90. The molecule has 0 radical (unpaired) electrons. The Labute approximate surface area is 147 Å². The SMILES string of the molecule is O=C(c1occc1COc1ccccc1)N1CCO[C@@H]2CCCC[C@H]21. The van der Waals surface area contributed by atoms with Gasteiger partial charge in [-0.2, -0.15) is 0 Å². The predicted octanol–water partition coefficient (Wildman–Crippen LogP) is 3.64. The first kappa shape index (κ1) is 16.2. The van der Waals surface area contributed by atoms with Crippen molar-refractivity contribution in [3.63, 3.8) is 0 Å². The number of para-hydroxylation sites is 1. The van der Waals surface area contributed by atoms with Crippen LogP contribution in [0.25, 0.3) is 0 Å². The van der Waals surface area contributed by atoms with E-state index in [-0.39, 0.29) is 18.1 Å². The van der Waals surface area contributed by atoms with Gasteiger partial charge in [-0.15, -0.1) is 0 Å². The molecule has 2 fully saturated rings. The number of hydrogen-bond donors (Lipinski definition) is 0. The van der Waals surface area contributed by atoms with Gasteiger partial charge in [0.25, 0.3) is 5.91 Å². The van der Waals surface area contributed by atoms with E-state index in [0.29, 0.717) is 25.5 Å². The number of nitrogens with zero attached hydrogens (tertiary/aromatic N) is 1. The van der Waals surface area contributed by atoms with Crippen molar-refractivity contribution in [3.05, 3.63) is 54.0 Å². The Balaban J connectivity index is 1.48. The summed E-state index contributed by atoms with van der Waals surface area (Å²) in [7, 11) is 0. The molecule has 2 aliphatic rings. The van der Waals surface area contributed by atoms with Gasteiger partial charge in [0, 0.05) is 12.1 Å². The van der Waals surface area contributed by atoms with E-state index in [1.54, 1.807) is 6.26 Å². The average Bonchev–Trinajstić information content (AvgIpc) is 3.15. The fourth-order valence-electron chi connectivity index (χ4n) is 3.79. The van der Waals surface area contributed by atoms with Crippen LogP contribution in [0.4, 0.5) is 0 Å². The minimum atomic E-state index is -0.0446. The molecule has 1 amide bonds. The summed E-state index contributed by atoms with van der Waals surface area (Å²) < 4.78 is 17.2. The van der Waals surface area contributed by atoms with Crippen LogP contribution in [0.15, 0.2) is 47.1 Å². The Hall–Kier alpha value is -2.27. The molecule has 1 aromatic carbocycles. The van der Waals surface area contributed by atoms with Gasteiger partial charge in [0.15, 0.2) is 5.76 Å². The van der Waals surface area contributed by atoms with Crippen LogP contribution in [0.1, 0.15) is 41.8 Å². The minimum Gasteiger partial charge on any atom is -0.489 e. The van der Waals surface area contributed by atoms with Gasteiger partial charge >= 0.3 is 0 Å². The number of hydrogen-bond acceptors (Lipinski definition) is 4. The monoisotopic (exact) mass is 341 g/mol. The minimum absolute atomic E-state index is 0.0446. The first-order valence-corrected chi connectivity index (χ1v) is 9.00. The highest BCUT2D eigenvalue weighted by Crippen LogP contribution is 2.30. The first-order chi connectivity index (χ1) is 12.3. The highest BCUT2D eigenvalue weighted by molar-refractivity contribution is 5.93. The van der Waals surface area contributed by atoms with Crippen molar-refractivity contribution in [2.24, 2.45) is 0 Å². The van der Waals surface area contributed by atoms with Gasteiger partial charge in [-0.25, -0.2) is 0 Å². The molecule has 1 aliphatic carbocycles. The maximum Gasteiger partial charge on any atom is 0.290 e. The van der Waals surface area contributed by atoms with E-state index in [9.17, 15) is 4.79 Å². The maximum atomic E-state index is 13.1. The Bertz CT molecular complexity index is 709. The lowest BCUT2D eigenvalue weighted by molar-refractivity contribution is -0.0760. The van der Waals surface area contributed by atoms with Crippen molar-refractivity contribution >= 4 is 5.91 Å². The van der Waals surface area contributed by atoms with Crippen LogP contribution < -0.4 is 4.74 Å². The summed E-state index contributed by atoms with van der Waals surface area (Å²) in [5.41, 5.74) is 0.785. The molecule has 25 heavy (non-hydrogen) atoms. The van der Waals surface area contributed by atoms with Crippen LogP contribution in [0.2, 0.25) is 0 Å². The quantitative estimate of drug-likeness (QED) is 0.852. The van der Waals surface area contributed by atoms with Gasteiger partial charge in [-0.3, -0.25) is 4.79 Å². The number of amides is 1. The molecule has 2 atom stereocenters. The number of rotatable bonds is 4. The fraction of sp³-hybridized carbons (Fsp3) is 0.450. The normalized spacial score (nSPS) is 23.1. The summed E-state index contributed by atoms with van der Waals surface area (Å²) in [6.07, 6.45) is 6.11. The molecule has 132 valence electrons. The molecular weight excluding hydrogens is 318 g/mol. The summed E-state index contributed by atoms with van der Waals surface area (Å²) in [5.74, 6) is 1.12. The van der Waals surface area contributed by atoms with Crippen LogP contribution in [-0.2, 0) is 11.3 Å². The van der Waals surface area contributed by atoms with E-state index >= 15 is 0 Å². The van der Waals surface area contributed by atoms with E-state index in [2.05, 4.69) is 0 Å². The highest BCUT2D eigenvalue weighted by atomic mass is 16.5. The second-order valence-corrected chi connectivity index (χ2v) is 6.64. The molecule has 0 bridgehead atoms.